The minimum Gasteiger partial charge on any atom is -0.345 e. The first kappa shape index (κ1) is 16.2. The van der Waals surface area contributed by atoms with Gasteiger partial charge in [0.05, 0.1) is 11.6 Å². The van der Waals surface area contributed by atoms with Gasteiger partial charge in [0.15, 0.2) is 0 Å². The molecule has 1 N–H and O–H groups in total. The van der Waals surface area contributed by atoms with Gasteiger partial charge in [-0.3, -0.25) is 4.79 Å². The van der Waals surface area contributed by atoms with E-state index in [1.807, 2.05) is 43.5 Å². The van der Waals surface area contributed by atoms with Crippen LogP contribution in [0.1, 0.15) is 52.8 Å². The second-order valence-corrected chi connectivity index (χ2v) is 6.25. The molecule has 2 heterocycles. The van der Waals surface area contributed by atoms with Crippen molar-refractivity contribution in [1.29, 1.82) is 0 Å². The SMILES string of the molecule is CCc1ccc(C(C)NC(=O)c2ccn3c(C)cc(C)nc23)cc1. The molecule has 0 saturated heterocycles. The number of rotatable bonds is 4. The van der Waals surface area contributed by atoms with Gasteiger partial charge >= 0.3 is 0 Å². The van der Waals surface area contributed by atoms with Crippen LogP contribution in [-0.4, -0.2) is 15.3 Å². The summed E-state index contributed by atoms with van der Waals surface area (Å²) in [6.45, 7) is 8.09. The van der Waals surface area contributed by atoms with Crippen LogP contribution in [0.5, 0.6) is 0 Å². The van der Waals surface area contributed by atoms with E-state index in [0.29, 0.717) is 11.2 Å². The number of hydrogen-bond donors (Lipinski definition) is 1. The molecule has 0 aliphatic rings. The van der Waals surface area contributed by atoms with Gasteiger partial charge in [-0.15, -0.1) is 0 Å². The third kappa shape index (κ3) is 3.04. The molecule has 1 unspecified atom stereocenters. The molecule has 0 bridgehead atoms. The number of benzene rings is 1. The van der Waals surface area contributed by atoms with Crippen molar-refractivity contribution < 1.29 is 4.79 Å². The summed E-state index contributed by atoms with van der Waals surface area (Å²) in [4.78, 5) is 17.2. The molecule has 3 rings (SSSR count). The predicted octanol–water partition coefficient (Wildman–Crippen LogP) is 4.00. The van der Waals surface area contributed by atoms with Crippen LogP contribution in [0.25, 0.3) is 5.65 Å². The Morgan fingerprint density at radius 2 is 1.92 bits per heavy atom. The summed E-state index contributed by atoms with van der Waals surface area (Å²) in [6, 6.07) is 12.2. The number of aryl methyl sites for hydroxylation is 3. The summed E-state index contributed by atoms with van der Waals surface area (Å²) in [5, 5.41) is 3.07. The molecule has 0 radical (unpaired) electrons. The standard InChI is InChI=1S/C20H23N3O/c1-5-16-6-8-17(9-7-16)15(4)22-20(24)18-10-11-23-14(3)12-13(2)21-19(18)23/h6-12,15H,5H2,1-4H3,(H,22,24). The highest BCUT2D eigenvalue weighted by Gasteiger charge is 2.16. The number of hydrogen-bond acceptors (Lipinski definition) is 2. The molecule has 2 aromatic heterocycles. The monoisotopic (exact) mass is 321 g/mol. The van der Waals surface area contributed by atoms with E-state index in [9.17, 15) is 4.79 Å². The average Bonchev–Trinajstić information content (AvgIpc) is 2.99. The number of nitrogens with zero attached hydrogens (tertiary/aromatic N) is 2. The molecule has 1 amide bonds. The van der Waals surface area contributed by atoms with Gasteiger partial charge in [-0.25, -0.2) is 4.98 Å². The van der Waals surface area contributed by atoms with E-state index in [2.05, 4.69) is 41.5 Å². The summed E-state index contributed by atoms with van der Waals surface area (Å²) in [7, 11) is 0. The van der Waals surface area contributed by atoms with E-state index in [1.54, 1.807) is 0 Å². The summed E-state index contributed by atoms with van der Waals surface area (Å²) < 4.78 is 1.95. The molecule has 0 spiro atoms. The molecule has 24 heavy (non-hydrogen) atoms. The number of amides is 1. The third-order valence-electron chi connectivity index (χ3n) is 4.42. The number of fused-ring (bicyclic) bond motifs is 1. The van der Waals surface area contributed by atoms with Crippen molar-refractivity contribution in [3.8, 4) is 0 Å². The van der Waals surface area contributed by atoms with Gasteiger partial charge in [-0.05, 0) is 50.5 Å². The maximum Gasteiger partial charge on any atom is 0.255 e. The lowest BCUT2D eigenvalue weighted by Crippen LogP contribution is -2.26. The molecule has 4 nitrogen and oxygen atoms in total. The van der Waals surface area contributed by atoms with E-state index in [1.165, 1.54) is 5.56 Å². The first-order chi connectivity index (χ1) is 11.5. The third-order valence-corrected chi connectivity index (χ3v) is 4.42. The molecule has 4 heteroatoms. The largest absolute Gasteiger partial charge is 0.345 e. The van der Waals surface area contributed by atoms with Gasteiger partial charge in [0.2, 0.25) is 0 Å². The highest BCUT2D eigenvalue weighted by molar-refractivity contribution is 6.00. The Bertz CT molecular complexity index is 878. The highest BCUT2D eigenvalue weighted by atomic mass is 16.1. The van der Waals surface area contributed by atoms with Crippen molar-refractivity contribution >= 4 is 11.6 Å². The first-order valence-corrected chi connectivity index (χ1v) is 8.34. The van der Waals surface area contributed by atoms with Crippen LogP contribution in [0, 0.1) is 13.8 Å². The van der Waals surface area contributed by atoms with Crippen LogP contribution < -0.4 is 5.32 Å². The van der Waals surface area contributed by atoms with Crippen LogP contribution in [0.3, 0.4) is 0 Å². The zero-order valence-electron chi connectivity index (χ0n) is 14.6. The van der Waals surface area contributed by atoms with E-state index in [0.717, 1.165) is 23.4 Å². The van der Waals surface area contributed by atoms with E-state index in [4.69, 9.17) is 0 Å². The fourth-order valence-electron chi connectivity index (χ4n) is 2.97. The molecule has 0 aliphatic carbocycles. The molecular weight excluding hydrogens is 298 g/mol. The zero-order chi connectivity index (χ0) is 17.3. The van der Waals surface area contributed by atoms with Crippen LogP contribution in [-0.2, 0) is 6.42 Å². The highest BCUT2D eigenvalue weighted by Crippen LogP contribution is 2.18. The van der Waals surface area contributed by atoms with Gasteiger partial charge in [-0.1, -0.05) is 31.2 Å². The fraction of sp³-hybridized carbons (Fsp3) is 0.300. The van der Waals surface area contributed by atoms with Crippen molar-refractivity contribution in [3.63, 3.8) is 0 Å². The van der Waals surface area contributed by atoms with Gasteiger partial charge in [0.25, 0.3) is 5.91 Å². The van der Waals surface area contributed by atoms with Gasteiger partial charge in [-0.2, -0.15) is 0 Å². The first-order valence-electron chi connectivity index (χ1n) is 8.34. The van der Waals surface area contributed by atoms with Gasteiger partial charge in [0.1, 0.15) is 5.65 Å². The number of carbonyl (C=O) groups is 1. The summed E-state index contributed by atoms with van der Waals surface area (Å²) >= 11 is 0. The lowest BCUT2D eigenvalue weighted by molar-refractivity contribution is 0.0941. The van der Waals surface area contributed by atoms with Crippen LogP contribution in [0.4, 0.5) is 0 Å². The minimum atomic E-state index is -0.0953. The molecule has 0 aliphatic heterocycles. The number of carbonyl (C=O) groups excluding carboxylic acids is 1. The van der Waals surface area contributed by atoms with Crippen molar-refractivity contribution in [2.24, 2.45) is 0 Å². The maximum absolute atomic E-state index is 12.7. The Morgan fingerprint density at radius 1 is 1.21 bits per heavy atom. The lowest BCUT2D eigenvalue weighted by atomic mass is 10.0. The molecular formula is C20H23N3O. The van der Waals surface area contributed by atoms with Crippen LogP contribution >= 0.6 is 0 Å². The van der Waals surface area contributed by atoms with Crippen molar-refractivity contribution in [2.75, 3.05) is 0 Å². The average molecular weight is 321 g/mol. The minimum absolute atomic E-state index is 0.0516. The molecule has 1 aromatic carbocycles. The van der Waals surface area contributed by atoms with E-state index < -0.39 is 0 Å². The Hall–Kier alpha value is -2.62. The molecule has 124 valence electrons. The molecule has 3 aromatic rings. The Morgan fingerprint density at radius 3 is 2.58 bits per heavy atom. The normalized spacial score (nSPS) is 12.3. The molecule has 0 fully saturated rings. The molecule has 0 saturated carbocycles. The number of aromatic nitrogens is 2. The summed E-state index contributed by atoms with van der Waals surface area (Å²) in [5.74, 6) is -0.0953. The van der Waals surface area contributed by atoms with Gasteiger partial charge in [0, 0.05) is 17.6 Å². The quantitative estimate of drug-likeness (QED) is 0.789. The van der Waals surface area contributed by atoms with Crippen LogP contribution in [0.15, 0.2) is 42.6 Å². The topological polar surface area (TPSA) is 46.4 Å². The van der Waals surface area contributed by atoms with E-state index in [-0.39, 0.29) is 11.9 Å². The van der Waals surface area contributed by atoms with Gasteiger partial charge < -0.3 is 9.72 Å². The van der Waals surface area contributed by atoms with E-state index >= 15 is 0 Å². The van der Waals surface area contributed by atoms with Crippen molar-refractivity contribution in [2.45, 2.75) is 40.2 Å². The second kappa shape index (κ2) is 6.48. The summed E-state index contributed by atoms with van der Waals surface area (Å²) in [6.07, 6.45) is 2.91. The zero-order valence-corrected chi connectivity index (χ0v) is 14.6. The van der Waals surface area contributed by atoms with Crippen LogP contribution in [0.2, 0.25) is 0 Å². The Kier molecular flexibility index (Phi) is 4.38. The predicted molar refractivity (Wildman–Crippen MR) is 96.4 cm³/mol. The Balaban J connectivity index is 1.84. The second-order valence-electron chi connectivity index (χ2n) is 6.25. The van der Waals surface area contributed by atoms with Crippen molar-refractivity contribution in [1.82, 2.24) is 14.7 Å². The summed E-state index contributed by atoms with van der Waals surface area (Å²) in [5.41, 5.74) is 5.70. The number of nitrogens with one attached hydrogen (secondary N) is 1. The Labute approximate surface area is 142 Å². The fourth-order valence-corrected chi connectivity index (χ4v) is 2.97. The molecule has 1 atom stereocenters. The maximum atomic E-state index is 12.7. The van der Waals surface area contributed by atoms with Crippen molar-refractivity contribution in [3.05, 3.63) is 70.7 Å². The lowest BCUT2D eigenvalue weighted by Gasteiger charge is -2.14. The smallest absolute Gasteiger partial charge is 0.255 e.